The Kier molecular flexibility index (Phi) is 3.99. The molecular formula is C12H13Cl2N3O. The fourth-order valence-corrected chi connectivity index (χ4v) is 1.86. The normalized spacial score (nSPS) is 10.6. The van der Waals surface area contributed by atoms with Crippen LogP contribution in [0.5, 0.6) is 5.75 Å². The van der Waals surface area contributed by atoms with Crippen molar-refractivity contribution in [1.82, 2.24) is 9.55 Å². The van der Waals surface area contributed by atoms with Gasteiger partial charge in [-0.3, -0.25) is 0 Å². The molecule has 0 saturated carbocycles. The number of halogens is 2. The van der Waals surface area contributed by atoms with Gasteiger partial charge in [0.05, 0.1) is 34.3 Å². The molecule has 2 aromatic rings. The Hall–Kier alpha value is -1.39. The van der Waals surface area contributed by atoms with Crippen LogP contribution < -0.4 is 5.32 Å². The predicted molar refractivity (Wildman–Crippen MR) is 73.4 cm³/mol. The molecule has 0 unspecified atom stereocenters. The van der Waals surface area contributed by atoms with Crippen LogP contribution in [0.2, 0.25) is 10.0 Å². The van der Waals surface area contributed by atoms with Crippen LogP contribution in [0.15, 0.2) is 24.7 Å². The Bertz CT molecular complexity index is 554. The second-order valence-electron chi connectivity index (χ2n) is 3.83. The smallest absolute Gasteiger partial charge is 0.140 e. The molecule has 0 aliphatic carbocycles. The number of aryl methyl sites for hydroxylation is 1. The maximum absolute atomic E-state index is 9.71. The van der Waals surface area contributed by atoms with Crippen molar-refractivity contribution in [3.05, 3.63) is 40.4 Å². The van der Waals surface area contributed by atoms with Gasteiger partial charge in [0.1, 0.15) is 5.75 Å². The number of hydrogen-bond donors (Lipinski definition) is 2. The Balaban J connectivity index is 2.08. The lowest BCUT2D eigenvalue weighted by molar-refractivity contribution is 0.477. The van der Waals surface area contributed by atoms with Crippen LogP contribution in [0, 0.1) is 0 Å². The molecule has 6 heteroatoms. The summed E-state index contributed by atoms with van der Waals surface area (Å²) in [5.74, 6) is 0.0688. The average molecular weight is 286 g/mol. The summed E-state index contributed by atoms with van der Waals surface area (Å²) in [6.07, 6.45) is 3.72. The first-order chi connectivity index (χ1) is 8.60. The number of nitrogens with zero attached hydrogens (tertiary/aromatic N) is 2. The van der Waals surface area contributed by atoms with Gasteiger partial charge in [-0.15, -0.1) is 0 Å². The first-order valence-electron chi connectivity index (χ1n) is 5.52. The van der Waals surface area contributed by atoms with Crippen LogP contribution in [-0.2, 0) is 13.1 Å². The van der Waals surface area contributed by atoms with Crippen LogP contribution in [0.25, 0.3) is 0 Å². The molecule has 0 aliphatic rings. The molecule has 0 saturated heterocycles. The standard InChI is InChI=1S/C12H13Cl2N3O/c1-2-17-6-8(16-7-17)5-15-11-3-9(13)10(14)4-12(11)18/h3-4,6-7,15,18H,2,5H2,1H3. The maximum atomic E-state index is 9.71. The zero-order valence-corrected chi connectivity index (χ0v) is 11.3. The van der Waals surface area contributed by atoms with Gasteiger partial charge < -0.3 is 15.0 Å². The number of anilines is 1. The van der Waals surface area contributed by atoms with E-state index in [1.807, 2.05) is 17.7 Å². The van der Waals surface area contributed by atoms with E-state index in [0.717, 1.165) is 12.2 Å². The largest absolute Gasteiger partial charge is 0.506 e. The molecule has 1 aromatic carbocycles. The number of hydrogen-bond acceptors (Lipinski definition) is 3. The minimum absolute atomic E-state index is 0.0688. The van der Waals surface area contributed by atoms with Crippen molar-refractivity contribution < 1.29 is 5.11 Å². The fraction of sp³-hybridized carbons (Fsp3) is 0.250. The summed E-state index contributed by atoms with van der Waals surface area (Å²) >= 11 is 11.7. The van der Waals surface area contributed by atoms with Gasteiger partial charge in [0.15, 0.2) is 0 Å². The van der Waals surface area contributed by atoms with Gasteiger partial charge in [0.25, 0.3) is 0 Å². The van der Waals surface area contributed by atoms with E-state index in [1.165, 1.54) is 6.07 Å². The summed E-state index contributed by atoms with van der Waals surface area (Å²) in [7, 11) is 0. The molecule has 0 bridgehead atoms. The number of phenolic OH excluding ortho intramolecular Hbond substituents is 1. The minimum atomic E-state index is 0.0688. The minimum Gasteiger partial charge on any atom is -0.506 e. The summed E-state index contributed by atoms with van der Waals surface area (Å²) in [5.41, 5.74) is 1.43. The lowest BCUT2D eigenvalue weighted by Crippen LogP contribution is -2.00. The van der Waals surface area contributed by atoms with Crippen molar-refractivity contribution in [1.29, 1.82) is 0 Å². The predicted octanol–water partition coefficient (Wildman–Crippen LogP) is 3.53. The molecule has 0 spiro atoms. The zero-order chi connectivity index (χ0) is 13.1. The Morgan fingerprint density at radius 1 is 1.33 bits per heavy atom. The highest BCUT2D eigenvalue weighted by Gasteiger charge is 2.07. The lowest BCUT2D eigenvalue weighted by Gasteiger charge is -2.08. The number of imidazole rings is 1. The van der Waals surface area contributed by atoms with Crippen LogP contribution in [0.1, 0.15) is 12.6 Å². The Morgan fingerprint density at radius 2 is 2.06 bits per heavy atom. The van der Waals surface area contributed by atoms with Crippen LogP contribution in [0.4, 0.5) is 5.69 Å². The quantitative estimate of drug-likeness (QED) is 0.845. The van der Waals surface area contributed by atoms with Gasteiger partial charge >= 0.3 is 0 Å². The molecule has 1 aromatic heterocycles. The molecule has 0 amide bonds. The first kappa shape index (κ1) is 13.1. The molecule has 2 N–H and O–H groups in total. The van der Waals surface area contributed by atoms with Gasteiger partial charge in [0, 0.05) is 18.8 Å². The van der Waals surface area contributed by atoms with Crippen molar-refractivity contribution in [3.63, 3.8) is 0 Å². The van der Waals surface area contributed by atoms with E-state index >= 15 is 0 Å². The second-order valence-corrected chi connectivity index (χ2v) is 4.65. The maximum Gasteiger partial charge on any atom is 0.140 e. The van der Waals surface area contributed by atoms with Crippen molar-refractivity contribution >= 4 is 28.9 Å². The third-order valence-electron chi connectivity index (χ3n) is 2.55. The van der Waals surface area contributed by atoms with Gasteiger partial charge in [-0.2, -0.15) is 0 Å². The zero-order valence-electron chi connectivity index (χ0n) is 9.82. The van der Waals surface area contributed by atoms with Crippen molar-refractivity contribution in [2.24, 2.45) is 0 Å². The monoisotopic (exact) mass is 285 g/mol. The van der Waals surface area contributed by atoms with Crippen molar-refractivity contribution in [3.8, 4) is 5.75 Å². The first-order valence-corrected chi connectivity index (χ1v) is 6.28. The van der Waals surface area contributed by atoms with Crippen LogP contribution >= 0.6 is 23.2 Å². The number of phenols is 1. The highest BCUT2D eigenvalue weighted by molar-refractivity contribution is 6.42. The average Bonchev–Trinajstić information content (AvgIpc) is 2.80. The third kappa shape index (κ3) is 2.89. The van der Waals surface area contributed by atoms with E-state index in [9.17, 15) is 5.11 Å². The molecule has 0 fully saturated rings. The summed E-state index contributed by atoms with van der Waals surface area (Å²) in [6.45, 7) is 3.44. The Morgan fingerprint density at radius 3 is 2.72 bits per heavy atom. The molecule has 0 aliphatic heterocycles. The van der Waals surface area contributed by atoms with Crippen LogP contribution in [-0.4, -0.2) is 14.7 Å². The summed E-state index contributed by atoms with van der Waals surface area (Å²) in [6, 6.07) is 3.01. The molecule has 96 valence electrons. The number of benzene rings is 1. The van der Waals surface area contributed by atoms with E-state index < -0.39 is 0 Å². The van der Waals surface area contributed by atoms with E-state index in [-0.39, 0.29) is 5.75 Å². The number of aromatic hydroxyl groups is 1. The molecular weight excluding hydrogens is 273 g/mol. The number of rotatable bonds is 4. The van der Waals surface area contributed by atoms with Crippen LogP contribution in [0.3, 0.4) is 0 Å². The highest BCUT2D eigenvalue weighted by atomic mass is 35.5. The van der Waals surface area contributed by atoms with Gasteiger partial charge in [-0.25, -0.2) is 4.98 Å². The van der Waals surface area contributed by atoms with E-state index in [1.54, 1.807) is 12.4 Å². The van der Waals surface area contributed by atoms with Gasteiger partial charge in [-0.05, 0) is 13.0 Å². The van der Waals surface area contributed by atoms with E-state index in [0.29, 0.717) is 22.3 Å². The highest BCUT2D eigenvalue weighted by Crippen LogP contribution is 2.33. The molecule has 0 atom stereocenters. The molecule has 2 rings (SSSR count). The number of nitrogens with one attached hydrogen (secondary N) is 1. The number of aromatic nitrogens is 2. The summed E-state index contributed by atoms with van der Waals surface area (Å²) < 4.78 is 1.98. The van der Waals surface area contributed by atoms with E-state index in [2.05, 4.69) is 10.3 Å². The molecule has 0 radical (unpaired) electrons. The van der Waals surface area contributed by atoms with Crippen molar-refractivity contribution in [2.75, 3.05) is 5.32 Å². The SMILES string of the molecule is CCn1cnc(CNc2cc(Cl)c(Cl)cc2O)c1. The molecule has 18 heavy (non-hydrogen) atoms. The fourth-order valence-electron chi connectivity index (χ4n) is 1.53. The Labute approximate surface area is 115 Å². The van der Waals surface area contributed by atoms with Crippen molar-refractivity contribution in [2.45, 2.75) is 20.0 Å². The topological polar surface area (TPSA) is 50.1 Å². The molecule has 4 nitrogen and oxygen atoms in total. The summed E-state index contributed by atoms with van der Waals surface area (Å²) in [5, 5.41) is 13.5. The second kappa shape index (κ2) is 5.50. The summed E-state index contributed by atoms with van der Waals surface area (Å²) in [4.78, 5) is 4.23. The lowest BCUT2D eigenvalue weighted by atomic mass is 10.3. The third-order valence-corrected chi connectivity index (χ3v) is 3.27. The van der Waals surface area contributed by atoms with E-state index in [4.69, 9.17) is 23.2 Å². The van der Waals surface area contributed by atoms with Gasteiger partial charge in [0.2, 0.25) is 0 Å². The molecule has 1 heterocycles. The van der Waals surface area contributed by atoms with Gasteiger partial charge in [-0.1, -0.05) is 23.2 Å².